The van der Waals surface area contributed by atoms with Crippen LogP contribution < -0.4 is 5.32 Å². The van der Waals surface area contributed by atoms with Crippen molar-refractivity contribution in [3.63, 3.8) is 0 Å². The van der Waals surface area contributed by atoms with Gasteiger partial charge in [0.05, 0.1) is 11.5 Å². The normalized spacial score (nSPS) is 20.5. The molecule has 2 rings (SSSR count). The van der Waals surface area contributed by atoms with Gasteiger partial charge in [-0.15, -0.1) is 0 Å². The van der Waals surface area contributed by atoms with Gasteiger partial charge in [-0.3, -0.25) is 4.79 Å². The highest BCUT2D eigenvalue weighted by Crippen LogP contribution is 2.35. The van der Waals surface area contributed by atoms with Crippen molar-refractivity contribution in [2.45, 2.75) is 59.3 Å². The van der Waals surface area contributed by atoms with Crippen LogP contribution in [0.3, 0.4) is 0 Å². The molecule has 0 spiro atoms. The van der Waals surface area contributed by atoms with Crippen LogP contribution in [0.1, 0.15) is 46.1 Å². The van der Waals surface area contributed by atoms with Gasteiger partial charge in [0.15, 0.2) is 0 Å². The minimum absolute atomic E-state index is 0.208. The van der Waals surface area contributed by atoms with E-state index in [2.05, 4.69) is 19.2 Å². The molecule has 1 aliphatic rings. The smallest absolute Gasteiger partial charge is 0.407 e. The van der Waals surface area contributed by atoms with Crippen LogP contribution in [0.5, 0.6) is 0 Å². The average Bonchev–Trinajstić information content (AvgIpc) is 2.79. The van der Waals surface area contributed by atoms with Crippen molar-refractivity contribution in [2.75, 3.05) is 0 Å². The molecule has 0 unspecified atom stereocenters. The van der Waals surface area contributed by atoms with Crippen molar-refractivity contribution in [3.05, 3.63) is 35.9 Å². The summed E-state index contributed by atoms with van der Waals surface area (Å²) in [6, 6.07) is 9.29. The van der Waals surface area contributed by atoms with Gasteiger partial charge in [0.2, 0.25) is 0 Å². The average molecular weight is 333 g/mol. The Hall–Kier alpha value is -2.04. The number of benzene rings is 1. The molecule has 0 radical (unpaired) electrons. The predicted octanol–water partition coefficient (Wildman–Crippen LogP) is 3.67. The Balaban J connectivity index is 1.93. The third-order valence-electron chi connectivity index (χ3n) is 4.21. The fourth-order valence-corrected chi connectivity index (χ4v) is 2.88. The van der Waals surface area contributed by atoms with E-state index in [0.29, 0.717) is 12.3 Å². The molecular weight excluding hydrogens is 306 g/mol. The summed E-state index contributed by atoms with van der Waals surface area (Å²) in [4.78, 5) is 24.1. The first-order valence-corrected chi connectivity index (χ1v) is 8.46. The molecule has 1 saturated heterocycles. The molecule has 132 valence electrons. The van der Waals surface area contributed by atoms with Crippen molar-refractivity contribution in [1.82, 2.24) is 5.32 Å². The summed E-state index contributed by atoms with van der Waals surface area (Å²) in [5, 5.41) is 2.88. The van der Waals surface area contributed by atoms with Crippen LogP contribution in [0.2, 0.25) is 0 Å². The quantitative estimate of drug-likeness (QED) is 0.807. The number of carbonyl (C=O) groups excluding carboxylic acids is 2. The number of rotatable bonds is 6. The summed E-state index contributed by atoms with van der Waals surface area (Å²) in [6.07, 6.45) is 0.542. The van der Waals surface area contributed by atoms with E-state index in [0.717, 1.165) is 12.0 Å². The molecule has 1 heterocycles. The lowest BCUT2D eigenvalue weighted by molar-refractivity contribution is -0.148. The Labute approximate surface area is 143 Å². The van der Waals surface area contributed by atoms with Gasteiger partial charge in [0, 0.05) is 6.42 Å². The molecule has 1 aliphatic heterocycles. The third-order valence-corrected chi connectivity index (χ3v) is 4.21. The molecule has 1 fully saturated rings. The molecular formula is C19H27NO4. The monoisotopic (exact) mass is 333 g/mol. The van der Waals surface area contributed by atoms with Crippen molar-refractivity contribution < 1.29 is 19.1 Å². The van der Waals surface area contributed by atoms with E-state index in [1.165, 1.54) is 0 Å². The molecule has 0 aromatic heterocycles. The lowest BCUT2D eigenvalue weighted by Gasteiger charge is -2.25. The highest BCUT2D eigenvalue weighted by atomic mass is 16.6. The third kappa shape index (κ3) is 4.98. The van der Waals surface area contributed by atoms with Gasteiger partial charge >= 0.3 is 12.1 Å². The number of carbonyl (C=O) groups is 2. The van der Waals surface area contributed by atoms with Crippen LogP contribution in [0.4, 0.5) is 4.79 Å². The SMILES string of the molecule is CC(C)C[C@H](NC(=O)OCc1ccccc1)[C@@H]1CC(C)(C)C(=O)O1. The van der Waals surface area contributed by atoms with E-state index in [4.69, 9.17) is 9.47 Å². The van der Waals surface area contributed by atoms with Crippen LogP contribution in [0, 0.1) is 11.3 Å². The van der Waals surface area contributed by atoms with Gasteiger partial charge in [-0.2, -0.15) is 0 Å². The van der Waals surface area contributed by atoms with Crippen molar-refractivity contribution in [2.24, 2.45) is 11.3 Å². The summed E-state index contributed by atoms with van der Waals surface area (Å²) in [6.45, 7) is 8.11. The number of alkyl carbamates (subject to hydrolysis) is 1. The number of nitrogens with one attached hydrogen (secondary N) is 1. The Morgan fingerprint density at radius 2 is 2.00 bits per heavy atom. The summed E-state index contributed by atoms with van der Waals surface area (Å²) in [5.41, 5.74) is 0.427. The number of esters is 1. The van der Waals surface area contributed by atoms with E-state index in [-0.39, 0.29) is 24.7 Å². The zero-order valence-electron chi connectivity index (χ0n) is 14.9. The van der Waals surface area contributed by atoms with E-state index in [1.54, 1.807) is 0 Å². The summed E-state index contributed by atoms with van der Waals surface area (Å²) in [5.74, 6) is 0.160. The molecule has 5 nitrogen and oxygen atoms in total. The zero-order valence-corrected chi connectivity index (χ0v) is 14.9. The lowest BCUT2D eigenvalue weighted by atomic mass is 9.86. The first-order chi connectivity index (χ1) is 11.3. The van der Waals surface area contributed by atoms with Crippen molar-refractivity contribution in [1.29, 1.82) is 0 Å². The highest BCUT2D eigenvalue weighted by molar-refractivity contribution is 5.78. The van der Waals surface area contributed by atoms with Crippen molar-refractivity contribution in [3.8, 4) is 0 Å². The van der Waals surface area contributed by atoms with E-state index < -0.39 is 11.5 Å². The van der Waals surface area contributed by atoms with Crippen LogP contribution in [-0.4, -0.2) is 24.2 Å². The maximum absolute atomic E-state index is 12.1. The predicted molar refractivity (Wildman–Crippen MR) is 91.3 cm³/mol. The molecule has 1 N–H and O–H groups in total. The molecule has 0 saturated carbocycles. The second kappa shape index (κ2) is 7.69. The van der Waals surface area contributed by atoms with Crippen LogP contribution in [-0.2, 0) is 20.9 Å². The number of amides is 1. The molecule has 5 heteroatoms. The maximum Gasteiger partial charge on any atom is 0.407 e. The zero-order chi connectivity index (χ0) is 17.7. The summed E-state index contributed by atoms with van der Waals surface area (Å²) < 4.78 is 10.8. The topological polar surface area (TPSA) is 64.6 Å². The first-order valence-electron chi connectivity index (χ1n) is 8.46. The van der Waals surface area contributed by atoms with E-state index in [1.807, 2.05) is 44.2 Å². The van der Waals surface area contributed by atoms with Crippen molar-refractivity contribution >= 4 is 12.1 Å². The van der Waals surface area contributed by atoms with E-state index >= 15 is 0 Å². The Kier molecular flexibility index (Phi) is 5.86. The highest BCUT2D eigenvalue weighted by Gasteiger charge is 2.45. The summed E-state index contributed by atoms with van der Waals surface area (Å²) >= 11 is 0. The minimum atomic E-state index is -0.504. The van der Waals surface area contributed by atoms with Gasteiger partial charge < -0.3 is 14.8 Å². The second-order valence-corrected chi connectivity index (χ2v) is 7.47. The van der Waals surface area contributed by atoms with Crippen LogP contribution in [0.25, 0.3) is 0 Å². The molecule has 1 amide bonds. The Morgan fingerprint density at radius 1 is 1.33 bits per heavy atom. The largest absolute Gasteiger partial charge is 0.460 e. The molecule has 0 bridgehead atoms. The van der Waals surface area contributed by atoms with Crippen LogP contribution in [0.15, 0.2) is 30.3 Å². The van der Waals surface area contributed by atoms with Gasteiger partial charge in [-0.05, 0) is 31.7 Å². The second-order valence-electron chi connectivity index (χ2n) is 7.47. The fourth-order valence-electron chi connectivity index (χ4n) is 2.88. The van der Waals surface area contributed by atoms with Gasteiger partial charge in [0.1, 0.15) is 12.7 Å². The Bertz CT molecular complexity index is 568. The number of cyclic esters (lactones) is 1. The van der Waals surface area contributed by atoms with Crippen LogP contribution >= 0.6 is 0 Å². The molecule has 0 aliphatic carbocycles. The van der Waals surface area contributed by atoms with E-state index in [9.17, 15) is 9.59 Å². The standard InChI is InChI=1S/C19H27NO4/c1-13(2)10-15(16-11-19(3,4)17(21)24-16)20-18(22)23-12-14-8-6-5-7-9-14/h5-9,13,15-16H,10-12H2,1-4H3,(H,20,22)/t15-,16-/m0/s1. The molecule has 2 atom stereocenters. The number of hydrogen-bond acceptors (Lipinski definition) is 4. The molecule has 1 aromatic rings. The number of ether oxygens (including phenoxy) is 2. The van der Waals surface area contributed by atoms with Gasteiger partial charge in [-0.1, -0.05) is 44.2 Å². The fraction of sp³-hybridized carbons (Fsp3) is 0.579. The molecule has 1 aromatic carbocycles. The van der Waals surface area contributed by atoms with Gasteiger partial charge in [0.25, 0.3) is 0 Å². The first kappa shape index (κ1) is 18.3. The van der Waals surface area contributed by atoms with Gasteiger partial charge in [-0.25, -0.2) is 4.79 Å². The Morgan fingerprint density at radius 3 is 2.54 bits per heavy atom. The maximum atomic E-state index is 12.1. The summed E-state index contributed by atoms with van der Waals surface area (Å²) in [7, 11) is 0. The minimum Gasteiger partial charge on any atom is -0.460 e. The number of hydrogen-bond donors (Lipinski definition) is 1. The lowest BCUT2D eigenvalue weighted by Crippen LogP contribution is -2.44. The molecule has 24 heavy (non-hydrogen) atoms.